The Hall–Kier alpha value is -2.34. The van der Waals surface area contributed by atoms with Crippen molar-refractivity contribution in [3.8, 4) is 17.1 Å². The van der Waals surface area contributed by atoms with Gasteiger partial charge in [0.05, 0.1) is 18.7 Å². The van der Waals surface area contributed by atoms with E-state index in [-0.39, 0.29) is 11.4 Å². The van der Waals surface area contributed by atoms with Gasteiger partial charge in [-0.2, -0.15) is 0 Å². The zero-order valence-electron chi connectivity index (χ0n) is 12.4. The molecule has 0 aliphatic carbocycles. The van der Waals surface area contributed by atoms with Crippen LogP contribution in [0.15, 0.2) is 45.3 Å². The van der Waals surface area contributed by atoms with Crippen molar-refractivity contribution in [2.75, 3.05) is 14.2 Å². The Balaban J connectivity index is 2.32. The summed E-state index contributed by atoms with van der Waals surface area (Å²) in [6.07, 6.45) is 0. The third kappa shape index (κ3) is 2.70. The van der Waals surface area contributed by atoms with Crippen LogP contribution in [0.1, 0.15) is 10.4 Å². The highest BCUT2D eigenvalue weighted by atomic mass is 79.9. The molecule has 0 aliphatic rings. The number of carbonyl (C=O) groups excluding carboxylic acids is 1. The maximum Gasteiger partial charge on any atom is 0.342 e. The van der Waals surface area contributed by atoms with E-state index in [1.165, 1.54) is 26.4 Å². The molecule has 2 aromatic carbocycles. The van der Waals surface area contributed by atoms with Gasteiger partial charge in [-0.15, -0.1) is 0 Å². The van der Waals surface area contributed by atoms with Crippen LogP contribution in [0.3, 0.4) is 0 Å². The van der Waals surface area contributed by atoms with Gasteiger partial charge in [0.2, 0.25) is 0 Å². The van der Waals surface area contributed by atoms with Crippen molar-refractivity contribution in [3.05, 3.63) is 52.3 Å². The van der Waals surface area contributed by atoms with Gasteiger partial charge in [0.15, 0.2) is 0 Å². The van der Waals surface area contributed by atoms with Crippen LogP contribution in [0.2, 0.25) is 0 Å². The van der Waals surface area contributed by atoms with E-state index in [2.05, 4.69) is 15.9 Å². The lowest BCUT2D eigenvalue weighted by Crippen LogP contribution is -2.02. The monoisotopic (exact) mass is 378 g/mol. The second-order valence-corrected chi connectivity index (χ2v) is 5.64. The van der Waals surface area contributed by atoms with Gasteiger partial charge in [-0.1, -0.05) is 0 Å². The summed E-state index contributed by atoms with van der Waals surface area (Å²) in [7, 11) is 2.83. The maximum absolute atomic E-state index is 13.1. The van der Waals surface area contributed by atoms with E-state index in [9.17, 15) is 9.18 Å². The topological polar surface area (TPSA) is 48.7 Å². The summed E-state index contributed by atoms with van der Waals surface area (Å²) in [4.78, 5) is 12.2. The fourth-order valence-electron chi connectivity index (χ4n) is 2.36. The standard InChI is InChI=1S/C17H12BrFO4/c1-21-14-7-11-13(8-12(14)18)23-16(15(11)17(20)22-2)9-3-5-10(19)6-4-9/h3-8H,1-2H3. The number of carbonyl (C=O) groups is 1. The van der Waals surface area contributed by atoms with Gasteiger partial charge >= 0.3 is 5.97 Å². The summed E-state index contributed by atoms with van der Waals surface area (Å²) in [5.74, 6) is -0.0116. The summed E-state index contributed by atoms with van der Waals surface area (Å²) >= 11 is 3.38. The summed E-state index contributed by atoms with van der Waals surface area (Å²) in [6.45, 7) is 0. The van der Waals surface area contributed by atoms with Crippen LogP contribution >= 0.6 is 15.9 Å². The summed E-state index contributed by atoms with van der Waals surface area (Å²) in [5, 5.41) is 0.566. The number of hydrogen-bond acceptors (Lipinski definition) is 4. The van der Waals surface area contributed by atoms with Gasteiger partial charge in [0.1, 0.15) is 28.5 Å². The average molecular weight is 379 g/mol. The number of ether oxygens (including phenoxy) is 2. The molecule has 23 heavy (non-hydrogen) atoms. The molecule has 0 bridgehead atoms. The summed E-state index contributed by atoms with van der Waals surface area (Å²) < 4.78 is 29.8. The van der Waals surface area contributed by atoms with Gasteiger partial charge in [-0.3, -0.25) is 0 Å². The first-order valence-corrected chi connectivity index (χ1v) is 7.48. The minimum atomic E-state index is -0.535. The average Bonchev–Trinajstić information content (AvgIpc) is 2.92. The van der Waals surface area contributed by atoms with Crippen molar-refractivity contribution in [1.82, 2.24) is 0 Å². The normalized spacial score (nSPS) is 10.8. The van der Waals surface area contributed by atoms with Crippen LogP contribution in [-0.2, 0) is 4.74 Å². The Kier molecular flexibility index (Phi) is 4.09. The van der Waals surface area contributed by atoms with E-state index >= 15 is 0 Å². The number of halogens is 2. The van der Waals surface area contributed by atoms with Crippen molar-refractivity contribution in [1.29, 1.82) is 0 Å². The van der Waals surface area contributed by atoms with Crippen molar-refractivity contribution in [3.63, 3.8) is 0 Å². The highest BCUT2D eigenvalue weighted by Gasteiger charge is 2.24. The lowest BCUT2D eigenvalue weighted by atomic mass is 10.1. The fraction of sp³-hybridized carbons (Fsp3) is 0.118. The Bertz CT molecular complexity index is 884. The summed E-state index contributed by atoms with van der Waals surface area (Å²) in [5.41, 5.74) is 1.36. The van der Waals surface area contributed by atoms with E-state index in [1.807, 2.05) is 0 Å². The molecule has 0 atom stereocenters. The van der Waals surface area contributed by atoms with Gasteiger partial charge in [-0.05, 0) is 52.3 Å². The predicted octanol–water partition coefficient (Wildman–Crippen LogP) is 4.80. The molecule has 0 saturated heterocycles. The second kappa shape index (κ2) is 6.04. The molecule has 0 N–H and O–H groups in total. The van der Waals surface area contributed by atoms with Crippen LogP contribution in [0, 0.1) is 5.82 Å². The first-order valence-electron chi connectivity index (χ1n) is 6.69. The molecule has 1 heterocycles. The number of rotatable bonds is 3. The summed E-state index contributed by atoms with van der Waals surface area (Å²) in [6, 6.07) is 9.12. The SMILES string of the molecule is COC(=O)c1c(-c2ccc(F)cc2)oc2cc(Br)c(OC)cc12. The zero-order valence-corrected chi connectivity index (χ0v) is 13.9. The molecule has 1 aromatic heterocycles. The third-order valence-electron chi connectivity index (χ3n) is 3.46. The van der Waals surface area contributed by atoms with Gasteiger partial charge in [-0.25, -0.2) is 9.18 Å². The van der Waals surface area contributed by atoms with Crippen LogP contribution in [0.5, 0.6) is 5.75 Å². The van der Waals surface area contributed by atoms with Crippen molar-refractivity contribution >= 4 is 32.9 Å². The lowest BCUT2D eigenvalue weighted by Gasteiger charge is -2.03. The highest BCUT2D eigenvalue weighted by Crippen LogP contribution is 2.39. The minimum Gasteiger partial charge on any atom is -0.496 e. The van der Waals surface area contributed by atoms with Gasteiger partial charge in [0, 0.05) is 10.9 Å². The number of benzene rings is 2. The molecular weight excluding hydrogens is 367 g/mol. The largest absolute Gasteiger partial charge is 0.496 e. The first kappa shape index (κ1) is 15.6. The molecule has 0 unspecified atom stereocenters. The zero-order chi connectivity index (χ0) is 16.6. The lowest BCUT2D eigenvalue weighted by molar-refractivity contribution is 0.0603. The smallest absolute Gasteiger partial charge is 0.342 e. The molecule has 0 aliphatic heterocycles. The second-order valence-electron chi connectivity index (χ2n) is 4.79. The number of hydrogen-bond donors (Lipinski definition) is 0. The Morgan fingerprint density at radius 1 is 1.17 bits per heavy atom. The molecule has 0 amide bonds. The molecule has 0 fully saturated rings. The van der Waals surface area contributed by atoms with Crippen molar-refractivity contribution < 1.29 is 23.1 Å². The van der Waals surface area contributed by atoms with E-state index in [4.69, 9.17) is 13.9 Å². The number of furan rings is 1. The van der Waals surface area contributed by atoms with Crippen LogP contribution in [0.4, 0.5) is 4.39 Å². The molecule has 0 radical (unpaired) electrons. The fourth-order valence-corrected chi connectivity index (χ4v) is 2.85. The van der Waals surface area contributed by atoms with Crippen LogP contribution in [-0.4, -0.2) is 20.2 Å². The molecule has 3 rings (SSSR count). The van der Waals surface area contributed by atoms with Crippen molar-refractivity contribution in [2.45, 2.75) is 0 Å². The molecule has 0 saturated carbocycles. The van der Waals surface area contributed by atoms with E-state index < -0.39 is 5.97 Å². The number of esters is 1. The quantitative estimate of drug-likeness (QED) is 0.614. The van der Waals surface area contributed by atoms with Crippen LogP contribution < -0.4 is 4.74 Å². The number of fused-ring (bicyclic) bond motifs is 1. The molecule has 6 heteroatoms. The van der Waals surface area contributed by atoms with Crippen molar-refractivity contribution in [2.24, 2.45) is 0 Å². The third-order valence-corrected chi connectivity index (χ3v) is 4.08. The first-order chi connectivity index (χ1) is 11.0. The van der Waals surface area contributed by atoms with Gasteiger partial charge < -0.3 is 13.9 Å². The predicted molar refractivity (Wildman–Crippen MR) is 87.2 cm³/mol. The van der Waals surface area contributed by atoms with E-state index in [1.54, 1.807) is 24.3 Å². The van der Waals surface area contributed by atoms with E-state index in [0.717, 1.165) is 0 Å². The van der Waals surface area contributed by atoms with Gasteiger partial charge in [0.25, 0.3) is 0 Å². The molecular formula is C17H12BrFO4. The Morgan fingerprint density at radius 3 is 2.48 bits per heavy atom. The molecule has 118 valence electrons. The molecule has 0 spiro atoms. The van der Waals surface area contributed by atoms with Crippen LogP contribution in [0.25, 0.3) is 22.3 Å². The highest BCUT2D eigenvalue weighted by molar-refractivity contribution is 9.10. The Morgan fingerprint density at radius 2 is 1.87 bits per heavy atom. The van der Waals surface area contributed by atoms with E-state index in [0.29, 0.717) is 32.5 Å². The minimum absolute atomic E-state index is 0.278. The Labute approximate surface area is 139 Å². The molecule has 3 aromatic rings. The molecule has 4 nitrogen and oxygen atoms in total. The number of methoxy groups -OCH3 is 2. The maximum atomic E-state index is 13.1.